The fourth-order valence-corrected chi connectivity index (χ4v) is 3.56. The Kier molecular flexibility index (Phi) is 6.95. The van der Waals surface area contributed by atoms with E-state index in [1.807, 2.05) is 43.4 Å². The molecule has 1 heterocycles. The predicted octanol–water partition coefficient (Wildman–Crippen LogP) is 4.20. The molecule has 152 valence electrons. The summed E-state index contributed by atoms with van der Waals surface area (Å²) in [5, 5.41) is 5.88. The molecule has 0 bridgehead atoms. The number of aromatic nitrogens is 1. The molecule has 1 atom stereocenters. The van der Waals surface area contributed by atoms with Gasteiger partial charge in [-0.1, -0.05) is 18.2 Å². The summed E-state index contributed by atoms with van der Waals surface area (Å²) in [5.74, 6) is 0.113. The molecule has 0 aliphatic carbocycles. The molecule has 0 radical (unpaired) electrons. The number of ether oxygens (including phenoxy) is 1. The van der Waals surface area contributed by atoms with E-state index in [9.17, 15) is 9.18 Å². The number of thiazole rings is 1. The Balaban J connectivity index is 1.62. The zero-order valence-corrected chi connectivity index (χ0v) is 17.5. The second-order valence-electron chi connectivity index (χ2n) is 6.92. The molecule has 1 aromatic heterocycles. The zero-order valence-electron chi connectivity index (χ0n) is 16.7. The molecule has 1 amide bonds. The molecule has 0 saturated carbocycles. The largest absolute Gasteiger partial charge is 0.487 e. The number of amides is 1. The molecule has 5 nitrogen and oxygen atoms in total. The number of rotatable bonds is 8. The molecule has 3 rings (SSSR count). The lowest BCUT2D eigenvalue weighted by Gasteiger charge is -2.25. The third-order valence-electron chi connectivity index (χ3n) is 4.46. The van der Waals surface area contributed by atoms with E-state index in [0.717, 1.165) is 16.3 Å². The summed E-state index contributed by atoms with van der Waals surface area (Å²) >= 11 is 1.58. The number of nitrogens with one attached hydrogen (secondary N) is 1. The third-order valence-corrected chi connectivity index (χ3v) is 5.28. The first-order valence-corrected chi connectivity index (χ1v) is 10.1. The number of hydrogen-bond acceptors (Lipinski definition) is 5. The number of carbonyl (C=O) groups is 1. The Hall–Kier alpha value is -2.77. The number of benzene rings is 2. The van der Waals surface area contributed by atoms with Gasteiger partial charge in [0, 0.05) is 17.5 Å². The molecular formula is C22H24FN3O2S. The van der Waals surface area contributed by atoms with Crippen molar-refractivity contribution in [1.82, 2.24) is 15.2 Å². The monoisotopic (exact) mass is 413 g/mol. The van der Waals surface area contributed by atoms with E-state index in [2.05, 4.69) is 10.3 Å². The van der Waals surface area contributed by atoms with Gasteiger partial charge < -0.3 is 15.0 Å². The molecule has 0 spiro atoms. The molecule has 3 aromatic rings. The van der Waals surface area contributed by atoms with Gasteiger partial charge in [0.25, 0.3) is 5.91 Å². The number of halogens is 1. The van der Waals surface area contributed by atoms with Crippen molar-refractivity contribution >= 4 is 17.2 Å². The first kappa shape index (κ1) is 21.0. The summed E-state index contributed by atoms with van der Waals surface area (Å²) in [6.07, 6.45) is 0. The lowest BCUT2D eigenvalue weighted by atomic mass is 10.1. The van der Waals surface area contributed by atoms with Crippen molar-refractivity contribution in [2.24, 2.45) is 0 Å². The van der Waals surface area contributed by atoms with Gasteiger partial charge in [0.2, 0.25) is 0 Å². The number of carbonyl (C=O) groups excluding carboxylic acids is 1. The van der Waals surface area contributed by atoms with Crippen LogP contribution in [0, 0.1) is 12.7 Å². The van der Waals surface area contributed by atoms with Gasteiger partial charge in [-0.3, -0.25) is 4.79 Å². The summed E-state index contributed by atoms with van der Waals surface area (Å²) < 4.78 is 19.3. The van der Waals surface area contributed by atoms with Crippen LogP contribution in [0.5, 0.6) is 5.75 Å². The van der Waals surface area contributed by atoms with Crippen LogP contribution in [0.2, 0.25) is 0 Å². The van der Waals surface area contributed by atoms with Gasteiger partial charge in [-0.2, -0.15) is 0 Å². The molecule has 0 saturated heterocycles. The van der Waals surface area contributed by atoms with Crippen molar-refractivity contribution in [3.63, 3.8) is 0 Å². The first-order chi connectivity index (χ1) is 13.9. The highest BCUT2D eigenvalue weighted by atomic mass is 32.1. The van der Waals surface area contributed by atoms with Crippen LogP contribution in [0.25, 0.3) is 0 Å². The van der Waals surface area contributed by atoms with Crippen LogP contribution >= 0.6 is 11.3 Å². The Morgan fingerprint density at radius 3 is 2.72 bits per heavy atom. The minimum Gasteiger partial charge on any atom is -0.487 e. The Morgan fingerprint density at radius 2 is 2.03 bits per heavy atom. The highest BCUT2D eigenvalue weighted by molar-refractivity contribution is 7.09. The Bertz CT molecular complexity index is 974. The van der Waals surface area contributed by atoms with Crippen LogP contribution in [0.4, 0.5) is 4.39 Å². The number of hydrogen-bond donors (Lipinski definition) is 1. The van der Waals surface area contributed by atoms with Crippen LogP contribution in [0.3, 0.4) is 0 Å². The van der Waals surface area contributed by atoms with Crippen molar-refractivity contribution in [1.29, 1.82) is 0 Å². The van der Waals surface area contributed by atoms with E-state index >= 15 is 0 Å². The number of nitrogens with zero attached hydrogens (tertiary/aromatic N) is 2. The van der Waals surface area contributed by atoms with E-state index in [1.54, 1.807) is 35.6 Å². The molecule has 2 aromatic carbocycles. The normalized spacial score (nSPS) is 12.0. The summed E-state index contributed by atoms with van der Waals surface area (Å²) in [6, 6.07) is 13.3. The van der Waals surface area contributed by atoms with Crippen LogP contribution in [0.1, 0.15) is 32.7 Å². The van der Waals surface area contributed by atoms with E-state index in [4.69, 9.17) is 4.74 Å². The van der Waals surface area contributed by atoms with E-state index in [1.165, 1.54) is 12.1 Å². The van der Waals surface area contributed by atoms with E-state index in [-0.39, 0.29) is 17.8 Å². The molecule has 0 fully saturated rings. The molecule has 29 heavy (non-hydrogen) atoms. The number of aryl methyl sites for hydroxylation is 1. The van der Waals surface area contributed by atoms with Gasteiger partial charge in [0.15, 0.2) is 0 Å². The van der Waals surface area contributed by atoms with Crippen LogP contribution in [-0.2, 0) is 6.61 Å². The fourth-order valence-electron chi connectivity index (χ4n) is 2.96. The SMILES string of the molecule is Cc1nc(COc2cccc(C(=O)NCC(c3cccc(F)c3)N(C)C)c2)cs1. The average Bonchev–Trinajstić information content (AvgIpc) is 3.12. The smallest absolute Gasteiger partial charge is 0.251 e. The predicted molar refractivity (Wildman–Crippen MR) is 113 cm³/mol. The van der Waals surface area contributed by atoms with E-state index < -0.39 is 0 Å². The summed E-state index contributed by atoms with van der Waals surface area (Å²) in [6.45, 7) is 2.67. The van der Waals surface area contributed by atoms with Crippen LogP contribution in [-0.4, -0.2) is 36.4 Å². The quantitative estimate of drug-likeness (QED) is 0.601. The zero-order chi connectivity index (χ0) is 20.8. The van der Waals surface area contributed by atoms with Gasteiger partial charge in [-0.15, -0.1) is 11.3 Å². The summed E-state index contributed by atoms with van der Waals surface area (Å²) in [4.78, 5) is 18.9. The topological polar surface area (TPSA) is 54.5 Å². The molecule has 0 aliphatic heterocycles. The fraction of sp³-hybridized carbons (Fsp3) is 0.273. The molecular weight excluding hydrogens is 389 g/mol. The van der Waals surface area contributed by atoms with Crippen molar-refractivity contribution in [2.75, 3.05) is 20.6 Å². The third kappa shape index (κ3) is 5.85. The van der Waals surface area contributed by atoms with Crippen molar-refractivity contribution < 1.29 is 13.9 Å². The van der Waals surface area contributed by atoms with E-state index in [0.29, 0.717) is 24.5 Å². The summed E-state index contributed by atoms with van der Waals surface area (Å²) in [5.41, 5.74) is 2.19. The lowest BCUT2D eigenvalue weighted by Crippen LogP contribution is -2.34. The maximum atomic E-state index is 13.6. The second kappa shape index (κ2) is 9.62. The lowest BCUT2D eigenvalue weighted by molar-refractivity contribution is 0.0941. The van der Waals surface area contributed by atoms with Crippen LogP contribution < -0.4 is 10.1 Å². The standard InChI is InChI=1S/C22H24FN3O2S/c1-15-25-19(14-29-15)13-28-20-9-5-7-17(11-20)22(27)24-12-21(26(2)3)16-6-4-8-18(23)10-16/h4-11,14,21H,12-13H2,1-3H3,(H,24,27). The highest BCUT2D eigenvalue weighted by Gasteiger charge is 2.17. The second-order valence-corrected chi connectivity index (χ2v) is 7.98. The minimum absolute atomic E-state index is 0.137. The van der Waals surface area contributed by atoms with Gasteiger partial charge >= 0.3 is 0 Å². The molecule has 1 unspecified atom stereocenters. The van der Waals surface area contributed by atoms with Crippen molar-refractivity contribution in [3.05, 3.63) is 81.6 Å². The summed E-state index contributed by atoms with van der Waals surface area (Å²) in [7, 11) is 3.80. The van der Waals surface area contributed by atoms with Crippen LogP contribution in [0.15, 0.2) is 53.9 Å². The maximum absolute atomic E-state index is 13.6. The Morgan fingerprint density at radius 1 is 1.24 bits per heavy atom. The average molecular weight is 414 g/mol. The van der Waals surface area contributed by atoms with Gasteiger partial charge in [-0.05, 0) is 56.9 Å². The Labute approximate surface area is 174 Å². The first-order valence-electron chi connectivity index (χ1n) is 9.26. The van der Waals surface area contributed by atoms with Crippen molar-refractivity contribution in [3.8, 4) is 5.75 Å². The minimum atomic E-state index is -0.291. The highest BCUT2D eigenvalue weighted by Crippen LogP contribution is 2.19. The molecule has 1 N–H and O–H groups in total. The molecule has 0 aliphatic rings. The van der Waals surface area contributed by atoms with Gasteiger partial charge in [0.1, 0.15) is 18.2 Å². The van der Waals surface area contributed by atoms with Crippen molar-refractivity contribution in [2.45, 2.75) is 19.6 Å². The number of likely N-dealkylation sites (N-methyl/N-ethyl adjacent to an activating group) is 1. The van der Waals surface area contributed by atoms with Gasteiger partial charge in [0.05, 0.1) is 16.7 Å². The molecule has 7 heteroatoms. The van der Waals surface area contributed by atoms with Gasteiger partial charge in [-0.25, -0.2) is 9.37 Å². The maximum Gasteiger partial charge on any atom is 0.251 e.